The van der Waals surface area contributed by atoms with Crippen molar-refractivity contribution in [1.29, 1.82) is 0 Å². The zero-order valence-corrected chi connectivity index (χ0v) is 10.2. The van der Waals surface area contributed by atoms with Crippen LogP contribution < -0.4 is 4.74 Å². The molecular weight excluding hydrogens is 191 g/mol. The minimum absolute atomic E-state index is 0.945. The van der Waals surface area contributed by atoms with Crippen LogP contribution in [0.25, 0.3) is 0 Å². The Labute approximate surface area is 87.9 Å². The molecule has 0 aromatic heterocycles. The van der Waals surface area contributed by atoms with Crippen LogP contribution in [0.2, 0.25) is 0 Å². The largest absolute Gasteiger partial charge is 0.497 e. The molecule has 1 nitrogen and oxygen atoms in total. The van der Waals surface area contributed by atoms with Crippen LogP contribution in [0.1, 0.15) is 25.0 Å². The van der Waals surface area contributed by atoms with Gasteiger partial charge in [0.25, 0.3) is 0 Å². The van der Waals surface area contributed by atoms with Crippen LogP contribution in [0, 0.1) is 0 Å². The molecule has 1 aromatic rings. The third-order valence-electron chi connectivity index (χ3n) is 2.42. The smallest absolute Gasteiger partial charge is 0.119 e. The van der Waals surface area contributed by atoms with Crippen LogP contribution in [0.3, 0.4) is 0 Å². The minimum atomic E-state index is 0.945. The van der Waals surface area contributed by atoms with Crippen LogP contribution in [0.15, 0.2) is 18.2 Å². The molecule has 2 heteroatoms. The lowest BCUT2D eigenvalue weighted by molar-refractivity contribution is 0.414. The fraction of sp³-hybridized carbons (Fsp3) is 0.417. The highest BCUT2D eigenvalue weighted by atomic mass is 31.1. The molecule has 14 heavy (non-hydrogen) atoms. The molecule has 0 unspecified atom stereocenters. The van der Waals surface area contributed by atoms with Gasteiger partial charge in [-0.05, 0) is 48.6 Å². The Morgan fingerprint density at radius 3 is 2.64 bits per heavy atom. The summed E-state index contributed by atoms with van der Waals surface area (Å²) in [5.74, 6) is 0.945. The summed E-state index contributed by atoms with van der Waals surface area (Å²) in [5.41, 5.74) is 2.74. The molecule has 0 aliphatic heterocycles. The zero-order valence-electron chi connectivity index (χ0n) is 9.29. The molecule has 0 bridgehead atoms. The van der Waals surface area contributed by atoms with Crippen LogP contribution in [0.4, 0.5) is 0 Å². The highest BCUT2D eigenvalue weighted by Crippen LogP contribution is 2.20. The summed E-state index contributed by atoms with van der Waals surface area (Å²) in [4.78, 5) is 0. The topological polar surface area (TPSA) is 9.23 Å². The van der Waals surface area contributed by atoms with Crippen LogP contribution in [-0.4, -0.2) is 19.1 Å². The molecule has 1 rings (SSSR count). The van der Waals surface area contributed by atoms with Gasteiger partial charge in [-0.1, -0.05) is 13.0 Å². The number of benzene rings is 1. The number of rotatable bonds is 3. The maximum Gasteiger partial charge on any atom is 0.119 e. The minimum Gasteiger partial charge on any atom is -0.497 e. The first kappa shape index (κ1) is 11.3. The van der Waals surface area contributed by atoms with E-state index in [2.05, 4.69) is 32.6 Å². The molecular formula is C12H17OP. The predicted octanol–water partition coefficient (Wildman–Crippen LogP) is 3.37. The number of hydrogen-bond acceptors (Lipinski definition) is 1. The van der Waals surface area contributed by atoms with Gasteiger partial charge in [-0.15, -0.1) is 8.20 Å². The molecule has 0 amide bonds. The monoisotopic (exact) mass is 208 g/mol. The highest BCUT2D eigenvalue weighted by Gasteiger charge is 2.04. The fourth-order valence-electron chi connectivity index (χ4n) is 1.45. The highest BCUT2D eigenvalue weighted by molar-refractivity contribution is 7.40. The van der Waals surface area contributed by atoms with Crippen LogP contribution in [0.5, 0.6) is 5.75 Å². The van der Waals surface area contributed by atoms with E-state index < -0.39 is 0 Å². The standard InChI is InChI=1S/C12H17OP/c1-5-10-6-7-11(13-3)8-12(10)9(2)14-4/h6-8H,5H2,1-4H3. The lowest BCUT2D eigenvalue weighted by atomic mass is 10.0. The van der Waals surface area contributed by atoms with E-state index in [1.165, 1.54) is 24.6 Å². The quantitative estimate of drug-likeness (QED) is 0.692. The summed E-state index contributed by atoms with van der Waals surface area (Å²) < 4.78 is 5.23. The van der Waals surface area contributed by atoms with Gasteiger partial charge in [-0.25, -0.2) is 0 Å². The fourth-order valence-corrected chi connectivity index (χ4v) is 1.90. The molecule has 0 aliphatic carbocycles. The van der Waals surface area contributed by atoms with Crippen molar-refractivity contribution in [1.82, 2.24) is 0 Å². The molecule has 76 valence electrons. The normalized spacial score (nSPS) is 11.6. The number of hydrogen-bond donors (Lipinski definition) is 0. The van der Waals surface area contributed by atoms with E-state index in [-0.39, 0.29) is 0 Å². The molecule has 0 N–H and O–H groups in total. The summed E-state index contributed by atoms with van der Waals surface area (Å²) in [7, 11) is 3.04. The van der Waals surface area contributed by atoms with Gasteiger partial charge in [0, 0.05) is 0 Å². The van der Waals surface area contributed by atoms with E-state index in [0.717, 1.165) is 12.2 Å². The van der Waals surface area contributed by atoms with Crippen molar-refractivity contribution in [3.05, 3.63) is 29.3 Å². The number of methoxy groups -OCH3 is 1. The molecule has 0 heterocycles. The first-order valence-corrected chi connectivity index (χ1v) is 6.17. The van der Waals surface area contributed by atoms with Crippen molar-refractivity contribution >= 4 is 13.5 Å². The van der Waals surface area contributed by atoms with Crippen molar-refractivity contribution in [2.75, 3.05) is 13.8 Å². The molecule has 0 saturated carbocycles. The van der Waals surface area contributed by atoms with Crippen molar-refractivity contribution in [3.8, 4) is 5.75 Å². The first-order valence-electron chi connectivity index (χ1n) is 4.83. The Bertz CT molecular complexity index is 342. The van der Waals surface area contributed by atoms with Crippen LogP contribution >= 0.6 is 8.20 Å². The van der Waals surface area contributed by atoms with Crippen molar-refractivity contribution < 1.29 is 4.74 Å². The van der Waals surface area contributed by atoms with Crippen molar-refractivity contribution in [2.45, 2.75) is 20.3 Å². The van der Waals surface area contributed by atoms with E-state index in [9.17, 15) is 0 Å². The van der Waals surface area contributed by atoms with E-state index in [1.807, 2.05) is 6.07 Å². The first-order chi connectivity index (χ1) is 6.72. The summed E-state index contributed by atoms with van der Waals surface area (Å²) in [6.45, 7) is 6.52. The summed E-state index contributed by atoms with van der Waals surface area (Å²) in [5, 5.41) is 1.40. The van der Waals surface area contributed by atoms with Gasteiger partial charge in [0.2, 0.25) is 0 Å². The van der Waals surface area contributed by atoms with Gasteiger partial charge in [-0.2, -0.15) is 0 Å². The molecule has 0 fully saturated rings. The van der Waals surface area contributed by atoms with Gasteiger partial charge in [0.1, 0.15) is 5.75 Å². The Hall–Kier alpha value is -0.810. The van der Waals surface area contributed by atoms with Gasteiger partial charge in [0.15, 0.2) is 0 Å². The van der Waals surface area contributed by atoms with E-state index >= 15 is 0 Å². The number of ether oxygens (including phenoxy) is 1. The average Bonchev–Trinajstić information content (AvgIpc) is 2.27. The third kappa shape index (κ3) is 2.36. The SMILES string of the molecule is CCc1ccc(OC)cc1C(C)=PC. The average molecular weight is 208 g/mol. The molecule has 1 aromatic carbocycles. The second kappa shape index (κ2) is 5.17. The zero-order chi connectivity index (χ0) is 10.6. The molecule has 0 spiro atoms. The van der Waals surface area contributed by atoms with E-state index in [0.29, 0.717) is 0 Å². The van der Waals surface area contributed by atoms with Crippen molar-refractivity contribution in [3.63, 3.8) is 0 Å². The van der Waals surface area contributed by atoms with Crippen LogP contribution in [-0.2, 0) is 6.42 Å². The Morgan fingerprint density at radius 1 is 1.43 bits per heavy atom. The third-order valence-corrected chi connectivity index (χ3v) is 3.33. The predicted molar refractivity (Wildman–Crippen MR) is 65.0 cm³/mol. The van der Waals surface area contributed by atoms with E-state index in [1.54, 1.807) is 7.11 Å². The molecule has 0 aliphatic rings. The van der Waals surface area contributed by atoms with Gasteiger partial charge in [0.05, 0.1) is 7.11 Å². The number of aryl methyl sites for hydroxylation is 1. The molecule has 0 saturated heterocycles. The maximum absolute atomic E-state index is 5.23. The molecule has 0 radical (unpaired) electrons. The maximum atomic E-state index is 5.23. The Kier molecular flexibility index (Phi) is 4.16. The van der Waals surface area contributed by atoms with Gasteiger partial charge >= 0.3 is 0 Å². The second-order valence-corrected chi connectivity index (χ2v) is 4.30. The second-order valence-electron chi connectivity index (χ2n) is 3.19. The van der Waals surface area contributed by atoms with Gasteiger partial charge in [-0.3, -0.25) is 0 Å². The lowest BCUT2D eigenvalue weighted by Crippen LogP contribution is -1.98. The summed E-state index contributed by atoms with van der Waals surface area (Å²) in [6.07, 6.45) is 1.08. The Balaban J connectivity index is 3.21. The summed E-state index contributed by atoms with van der Waals surface area (Å²) in [6, 6.07) is 6.32. The Morgan fingerprint density at radius 2 is 2.14 bits per heavy atom. The lowest BCUT2D eigenvalue weighted by Gasteiger charge is -2.09. The van der Waals surface area contributed by atoms with Gasteiger partial charge < -0.3 is 4.74 Å². The summed E-state index contributed by atoms with van der Waals surface area (Å²) >= 11 is 0. The van der Waals surface area contributed by atoms with E-state index in [4.69, 9.17) is 4.74 Å². The van der Waals surface area contributed by atoms with Crippen molar-refractivity contribution in [2.24, 2.45) is 0 Å². The molecule has 0 atom stereocenters.